The first-order chi connectivity index (χ1) is 11.1. The van der Waals surface area contributed by atoms with Gasteiger partial charge < -0.3 is 9.80 Å². The fraction of sp³-hybridized carbons (Fsp3) is 0.429. The minimum atomic E-state index is 0.00355. The number of allylic oxidation sites excluding steroid dienone is 3. The van der Waals surface area contributed by atoms with Crippen LogP contribution in [0, 0.1) is 5.41 Å². The number of para-hydroxylation sites is 1. The average Bonchev–Trinajstić information content (AvgIpc) is 2.52. The molecule has 3 heteroatoms. The molecule has 0 N–H and O–H groups in total. The van der Waals surface area contributed by atoms with Gasteiger partial charge in [-0.05, 0) is 11.1 Å². The Balaban J connectivity index is 2.89. The first-order valence-corrected chi connectivity index (χ1v) is 9.79. The Hall–Kier alpha value is -1.23. The summed E-state index contributed by atoms with van der Waals surface area (Å²) in [6.07, 6.45) is 4.11. The summed E-state index contributed by atoms with van der Waals surface area (Å²) in [4.78, 5) is 4.58. The van der Waals surface area contributed by atoms with Gasteiger partial charge in [-0.1, -0.05) is 87.7 Å². The predicted molar refractivity (Wildman–Crippen MR) is 116 cm³/mol. The third-order valence-electron chi connectivity index (χ3n) is 5.57. The van der Waals surface area contributed by atoms with Gasteiger partial charge in [-0.25, -0.2) is 0 Å². The second-order valence-electron chi connectivity index (χ2n) is 7.71. The Labute approximate surface area is 161 Å². The van der Waals surface area contributed by atoms with E-state index in [0.717, 1.165) is 10.1 Å². The molecule has 130 valence electrons. The molecule has 0 amide bonds. The number of fused-ring (bicyclic) bond motifs is 1. The maximum atomic E-state index is 4.21. The van der Waals surface area contributed by atoms with Gasteiger partial charge in [-0.2, -0.15) is 0 Å². The molecule has 0 saturated heterocycles. The molecular weight excluding hydrogens is 407 g/mol. The fourth-order valence-electron chi connectivity index (χ4n) is 3.42. The molecule has 1 heterocycles. The number of rotatable bonds is 4. The first-order valence-electron chi connectivity index (χ1n) is 8.27. The van der Waals surface area contributed by atoms with Crippen molar-refractivity contribution < 1.29 is 0 Å². The van der Waals surface area contributed by atoms with Gasteiger partial charge >= 0.3 is 0 Å². The smallest absolute Gasteiger partial charge is 0.0746 e. The monoisotopic (exact) mass is 436 g/mol. The molecule has 0 spiro atoms. The Morgan fingerprint density at radius 2 is 1.83 bits per heavy atom. The molecule has 0 unspecified atom stereocenters. The molecule has 1 aromatic rings. The van der Waals surface area contributed by atoms with Crippen LogP contribution in [0.25, 0.3) is 5.57 Å². The third kappa shape index (κ3) is 2.81. The number of hydrogen-bond acceptors (Lipinski definition) is 2. The van der Waals surface area contributed by atoms with Crippen molar-refractivity contribution in [2.75, 3.05) is 23.5 Å². The molecular formula is C21H29IN2. The molecule has 0 fully saturated rings. The molecule has 2 nitrogen and oxygen atoms in total. The van der Waals surface area contributed by atoms with Crippen molar-refractivity contribution >= 4 is 33.9 Å². The number of halogens is 1. The Kier molecular flexibility index (Phi) is 5.24. The molecule has 0 radical (unpaired) electrons. The van der Waals surface area contributed by atoms with Crippen LogP contribution in [-0.2, 0) is 5.41 Å². The summed E-state index contributed by atoms with van der Waals surface area (Å²) in [5.41, 5.74) is 6.14. The van der Waals surface area contributed by atoms with Crippen LogP contribution in [0.4, 0.5) is 5.69 Å². The summed E-state index contributed by atoms with van der Waals surface area (Å²) in [7, 11) is 4.18. The lowest BCUT2D eigenvalue weighted by atomic mass is 9.59. The highest BCUT2D eigenvalue weighted by molar-refractivity contribution is 14.1. The van der Waals surface area contributed by atoms with Gasteiger partial charge in [0, 0.05) is 42.4 Å². The van der Waals surface area contributed by atoms with Crippen LogP contribution in [0.5, 0.6) is 0 Å². The summed E-state index contributed by atoms with van der Waals surface area (Å²) >= 11 is 2.46. The maximum Gasteiger partial charge on any atom is 0.0746 e. The summed E-state index contributed by atoms with van der Waals surface area (Å²) in [6.45, 7) is 17.5. The zero-order valence-corrected chi connectivity index (χ0v) is 17.9. The van der Waals surface area contributed by atoms with E-state index in [-0.39, 0.29) is 10.8 Å². The van der Waals surface area contributed by atoms with Crippen molar-refractivity contribution in [1.82, 2.24) is 4.90 Å². The second kappa shape index (κ2) is 6.58. The SMILES string of the molecule is C=CC(=C)c1cccc2c1N(CI)/C(=C\N(C)C)C(C)(C)C2(C)C. The van der Waals surface area contributed by atoms with Crippen molar-refractivity contribution in [1.29, 1.82) is 0 Å². The molecule has 1 aliphatic heterocycles. The van der Waals surface area contributed by atoms with E-state index in [1.807, 2.05) is 6.08 Å². The van der Waals surface area contributed by atoms with E-state index < -0.39 is 0 Å². The standard InChI is InChI=1S/C21H29IN2/c1-9-15(2)16-11-10-12-17-19(16)24(14-22)18(13-23(7)8)21(5,6)20(17,3)4/h9-13H,1-2,14H2,3-8H3/b18-13-. The fourth-order valence-corrected chi connectivity index (χ4v) is 4.13. The number of benzene rings is 1. The minimum Gasteiger partial charge on any atom is -0.382 e. The van der Waals surface area contributed by atoms with Crippen LogP contribution in [0.15, 0.2) is 49.3 Å². The topological polar surface area (TPSA) is 6.48 Å². The zero-order valence-electron chi connectivity index (χ0n) is 15.8. The zero-order chi connectivity index (χ0) is 18.3. The van der Waals surface area contributed by atoms with Crippen molar-refractivity contribution in [3.63, 3.8) is 0 Å². The van der Waals surface area contributed by atoms with Gasteiger partial charge in [0.25, 0.3) is 0 Å². The van der Waals surface area contributed by atoms with E-state index in [2.05, 4.69) is 112 Å². The Morgan fingerprint density at radius 3 is 2.33 bits per heavy atom. The highest BCUT2D eigenvalue weighted by atomic mass is 127. The van der Waals surface area contributed by atoms with Crippen LogP contribution in [0.3, 0.4) is 0 Å². The van der Waals surface area contributed by atoms with Crippen LogP contribution in [0.2, 0.25) is 0 Å². The van der Waals surface area contributed by atoms with Gasteiger partial charge in [-0.3, -0.25) is 0 Å². The van der Waals surface area contributed by atoms with Crippen molar-refractivity contribution in [2.45, 2.75) is 33.1 Å². The van der Waals surface area contributed by atoms with E-state index in [9.17, 15) is 0 Å². The van der Waals surface area contributed by atoms with E-state index >= 15 is 0 Å². The van der Waals surface area contributed by atoms with Gasteiger partial charge in [0.2, 0.25) is 0 Å². The predicted octanol–water partition coefficient (Wildman–Crippen LogP) is 5.81. The second-order valence-corrected chi connectivity index (χ2v) is 8.39. The van der Waals surface area contributed by atoms with Crippen LogP contribution in [0.1, 0.15) is 38.8 Å². The normalized spacial score (nSPS) is 19.8. The lowest BCUT2D eigenvalue weighted by Gasteiger charge is -2.53. The molecule has 0 aliphatic carbocycles. The van der Waals surface area contributed by atoms with Crippen LogP contribution < -0.4 is 4.90 Å². The molecule has 0 atom stereocenters. The van der Waals surface area contributed by atoms with E-state index in [1.165, 1.54) is 22.5 Å². The van der Waals surface area contributed by atoms with Crippen molar-refractivity contribution in [3.8, 4) is 0 Å². The largest absolute Gasteiger partial charge is 0.382 e. The van der Waals surface area contributed by atoms with Crippen molar-refractivity contribution in [3.05, 3.63) is 60.5 Å². The van der Waals surface area contributed by atoms with E-state index in [4.69, 9.17) is 0 Å². The molecule has 0 aromatic heterocycles. The van der Waals surface area contributed by atoms with Crippen molar-refractivity contribution in [2.24, 2.45) is 5.41 Å². The first kappa shape index (κ1) is 19.1. The number of hydrogen-bond donors (Lipinski definition) is 0. The molecule has 1 aliphatic rings. The molecule has 0 bridgehead atoms. The maximum absolute atomic E-state index is 4.21. The Morgan fingerprint density at radius 1 is 1.21 bits per heavy atom. The average molecular weight is 436 g/mol. The summed E-state index contributed by atoms with van der Waals surface area (Å²) in [6, 6.07) is 6.57. The molecule has 2 rings (SSSR count). The van der Waals surface area contributed by atoms with Gasteiger partial charge in [0.1, 0.15) is 0 Å². The quantitative estimate of drug-likeness (QED) is 0.255. The number of alkyl halides is 1. The third-order valence-corrected chi connectivity index (χ3v) is 6.25. The van der Waals surface area contributed by atoms with Crippen LogP contribution in [-0.4, -0.2) is 23.5 Å². The summed E-state index contributed by atoms with van der Waals surface area (Å²) < 4.78 is 0.894. The van der Waals surface area contributed by atoms with Gasteiger partial charge in [0.05, 0.1) is 10.2 Å². The minimum absolute atomic E-state index is 0.00355. The number of nitrogens with zero attached hydrogens (tertiary/aromatic N) is 2. The van der Waals surface area contributed by atoms with Crippen LogP contribution >= 0.6 is 22.6 Å². The van der Waals surface area contributed by atoms with Gasteiger partial charge in [-0.15, -0.1) is 0 Å². The van der Waals surface area contributed by atoms with E-state index in [1.54, 1.807) is 0 Å². The number of anilines is 1. The summed E-state index contributed by atoms with van der Waals surface area (Å²) in [5, 5.41) is 0. The highest BCUT2D eigenvalue weighted by Crippen LogP contribution is 2.56. The summed E-state index contributed by atoms with van der Waals surface area (Å²) in [5.74, 6) is 0. The van der Waals surface area contributed by atoms with Gasteiger partial charge in [0.15, 0.2) is 0 Å². The molecule has 24 heavy (non-hydrogen) atoms. The molecule has 1 aromatic carbocycles. The molecule has 0 saturated carbocycles. The lowest BCUT2D eigenvalue weighted by molar-refractivity contribution is 0.230. The lowest BCUT2D eigenvalue weighted by Crippen LogP contribution is -2.49. The highest BCUT2D eigenvalue weighted by Gasteiger charge is 2.49. The van der Waals surface area contributed by atoms with E-state index in [0.29, 0.717) is 0 Å². The Bertz CT molecular complexity index is 696.